The average Bonchev–Trinajstić information content (AvgIpc) is 2.61. The van der Waals surface area contributed by atoms with Crippen molar-refractivity contribution in [3.8, 4) is 5.75 Å². The van der Waals surface area contributed by atoms with E-state index in [1.807, 2.05) is 0 Å². The molecule has 1 aromatic rings. The predicted octanol–water partition coefficient (Wildman–Crippen LogP) is -0.463. The molecule has 2 rings (SSSR count). The molecule has 1 aliphatic rings. The standard InChI is InChI=1S/C11H11N3O3/c15-8-3-1-7(2-4-8)5-6-12-11-13-9(16)10(17)14-11/h1-4,15H,5-6H2,(H2,12,13,14,16,17). The van der Waals surface area contributed by atoms with Crippen LogP contribution < -0.4 is 10.6 Å². The van der Waals surface area contributed by atoms with E-state index in [0.717, 1.165) is 5.56 Å². The second-order valence-corrected chi connectivity index (χ2v) is 3.56. The number of carbonyl (C=O) groups is 2. The molecule has 2 amide bonds. The van der Waals surface area contributed by atoms with Crippen molar-refractivity contribution in [3.05, 3.63) is 29.8 Å². The number of benzene rings is 1. The Labute approximate surface area is 97.4 Å². The zero-order chi connectivity index (χ0) is 12.3. The first-order valence-electron chi connectivity index (χ1n) is 5.10. The Balaban J connectivity index is 1.87. The number of hydrogen-bond donors (Lipinski definition) is 3. The van der Waals surface area contributed by atoms with E-state index in [-0.39, 0.29) is 11.7 Å². The van der Waals surface area contributed by atoms with E-state index in [2.05, 4.69) is 15.6 Å². The van der Waals surface area contributed by atoms with Gasteiger partial charge in [0.15, 0.2) is 0 Å². The molecular formula is C11H11N3O3. The molecule has 0 bridgehead atoms. The van der Waals surface area contributed by atoms with Gasteiger partial charge in [-0.15, -0.1) is 0 Å². The van der Waals surface area contributed by atoms with Crippen LogP contribution in [0.25, 0.3) is 0 Å². The van der Waals surface area contributed by atoms with Gasteiger partial charge in [-0.3, -0.25) is 25.2 Å². The Morgan fingerprint density at radius 3 is 2.24 bits per heavy atom. The number of guanidine groups is 1. The monoisotopic (exact) mass is 233 g/mol. The van der Waals surface area contributed by atoms with Gasteiger partial charge < -0.3 is 5.11 Å². The summed E-state index contributed by atoms with van der Waals surface area (Å²) in [7, 11) is 0. The van der Waals surface area contributed by atoms with Crippen molar-refractivity contribution in [3.63, 3.8) is 0 Å². The zero-order valence-corrected chi connectivity index (χ0v) is 8.93. The van der Waals surface area contributed by atoms with Crippen LogP contribution in [-0.2, 0) is 16.0 Å². The van der Waals surface area contributed by atoms with Gasteiger partial charge in [0.1, 0.15) is 5.75 Å². The fourth-order valence-corrected chi connectivity index (χ4v) is 1.40. The van der Waals surface area contributed by atoms with Gasteiger partial charge >= 0.3 is 11.8 Å². The van der Waals surface area contributed by atoms with Crippen LogP contribution in [0.3, 0.4) is 0 Å². The van der Waals surface area contributed by atoms with Crippen LogP contribution in [0.15, 0.2) is 29.3 Å². The average molecular weight is 233 g/mol. The van der Waals surface area contributed by atoms with Gasteiger partial charge in [-0.1, -0.05) is 12.1 Å². The number of phenols is 1. The molecule has 3 N–H and O–H groups in total. The number of carbonyl (C=O) groups excluding carboxylic acids is 2. The topological polar surface area (TPSA) is 90.8 Å². The van der Waals surface area contributed by atoms with Crippen molar-refractivity contribution in [1.29, 1.82) is 0 Å². The van der Waals surface area contributed by atoms with Crippen LogP contribution in [-0.4, -0.2) is 29.4 Å². The third-order valence-corrected chi connectivity index (χ3v) is 2.28. The fourth-order valence-electron chi connectivity index (χ4n) is 1.40. The number of aromatic hydroxyl groups is 1. The van der Waals surface area contributed by atoms with Crippen LogP contribution >= 0.6 is 0 Å². The first-order valence-corrected chi connectivity index (χ1v) is 5.10. The maximum atomic E-state index is 10.8. The number of phenolic OH excluding ortho intramolecular Hbond substituents is 1. The second-order valence-electron chi connectivity index (χ2n) is 3.56. The van der Waals surface area contributed by atoms with Gasteiger partial charge in [-0.2, -0.15) is 0 Å². The summed E-state index contributed by atoms with van der Waals surface area (Å²) in [4.78, 5) is 25.7. The summed E-state index contributed by atoms with van der Waals surface area (Å²) in [5.41, 5.74) is 1.02. The summed E-state index contributed by atoms with van der Waals surface area (Å²) in [6, 6.07) is 6.78. The van der Waals surface area contributed by atoms with Crippen molar-refractivity contribution in [2.24, 2.45) is 4.99 Å². The van der Waals surface area contributed by atoms with E-state index in [1.165, 1.54) is 0 Å². The highest BCUT2D eigenvalue weighted by atomic mass is 16.3. The van der Waals surface area contributed by atoms with Crippen LogP contribution in [0.5, 0.6) is 5.75 Å². The fraction of sp³-hybridized carbons (Fsp3) is 0.182. The van der Waals surface area contributed by atoms with Crippen LogP contribution in [0.1, 0.15) is 5.56 Å². The minimum absolute atomic E-state index is 0.193. The van der Waals surface area contributed by atoms with Crippen LogP contribution in [0, 0.1) is 0 Å². The van der Waals surface area contributed by atoms with E-state index >= 15 is 0 Å². The first-order chi connectivity index (χ1) is 8.15. The van der Waals surface area contributed by atoms with Crippen molar-refractivity contribution in [1.82, 2.24) is 10.6 Å². The Morgan fingerprint density at radius 1 is 1.06 bits per heavy atom. The van der Waals surface area contributed by atoms with Gasteiger partial charge in [0.2, 0.25) is 5.96 Å². The summed E-state index contributed by atoms with van der Waals surface area (Å²) >= 11 is 0. The largest absolute Gasteiger partial charge is 0.508 e. The summed E-state index contributed by atoms with van der Waals surface area (Å²) in [6.45, 7) is 0.445. The van der Waals surface area contributed by atoms with Gasteiger partial charge in [-0.25, -0.2) is 0 Å². The quantitative estimate of drug-likeness (QED) is 0.617. The first kappa shape index (κ1) is 11.1. The van der Waals surface area contributed by atoms with Crippen molar-refractivity contribution in [2.75, 3.05) is 6.54 Å². The van der Waals surface area contributed by atoms with Crippen molar-refractivity contribution >= 4 is 17.8 Å². The maximum Gasteiger partial charge on any atom is 0.316 e. The molecule has 0 aromatic heterocycles. The predicted molar refractivity (Wildman–Crippen MR) is 60.4 cm³/mol. The molecule has 6 heteroatoms. The van der Waals surface area contributed by atoms with Crippen LogP contribution in [0.4, 0.5) is 0 Å². The van der Waals surface area contributed by atoms with E-state index in [0.29, 0.717) is 13.0 Å². The molecule has 0 atom stereocenters. The molecule has 88 valence electrons. The highest BCUT2D eigenvalue weighted by Crippen LogP contribution is 2.09. The summed E-state index contributed by atoms with van der Waals surface area (Å²) < 4.78 is 0. The lowest BCUT2D eigenvalue weighted by atomic mass is 10.1. The molecule has 1 aliphatic heterocycles. The SMILES string of the molecule is O=C1NC(=NCCc2ccc(O)cc2)NC1=O. The van der Waals surface area contributed by atoms with E-state index in [4.69, 9.17) is 5.11 Å². The normalized spacial score (nSPS) is 14.5. The number of aliphatic imine (C=N–C) groups is 1. The highest BCUT2D eigenvalue weighted by molar-refractivity contribution is 6.45. The Bertz CT molecular complexity index is 461. The maximum absolute atomic E-state index is 10.8. The summed E-state index contributed by atoms with van der Waals surface area (Å²) in [5.74, 6) is -0.962. The highest BCUT2D eigenvalue weighted by Gasteiger charge is 2.24. The lowest BCUT2D eigenvalue weighted by molar-refractivity contribution is -0.135. The molecule has 0 radical (unpaired) electrons. The van der Waals surface area contributed by atoms with Gasteiger partial charge in [0.05, 0.1) is 0 Å². The molecule has 0 unspecified atom stereocenters. The zero-order valence-electron chi connectivity index (χ0n) is 8.93. The number of nitrogens with one attached hydrogen (secondary N) is 2. The molecule has 17 heavy (non-hydrogen) atoms. The smallest absolute Gasteiger partial charge is 0.316 e. The van der Waals surface area contributed by atoms with E-state index < -0.39 is 11.8 Å². The van der Waals surface area contributed by atoms with Crippen molar-refractivity contribution in [2.45, 2.75) is 6.42 Å². The van der Waals surface area contributed by atoms with Crippen LogP contribution in [0.2, 0.25) is 0 Å². The van der Waals surface area contributed by atoms with Gasteiger partial charge in [-0.05, 0) is 24.1 Å². The third-order valence-electron chi connectivity index (χ3n) is 2.28. The Kier molecular flexibility index (Phi) is 3.04. The van der Waals surface area contributed by atoms with E-state index in [9.17, 15) is 9.59 Å². The molecule has 0 spiro atoms. The minimum atomic E-state index is -0.687. The molecular weight excluding hydrogens is 222 g/mol. The molecule has 0 saturated carbocycles. The third kappa shape index (κ3) is 2.81. The van der Waals surface area contributed by atoms with Gasteiger partial charge in [0, 0.05) is 6.54 Å². The van der Waals surface area contributed by atoms with Gasteiger partial charge in [0.25, 0.3) is 0 Å². The van der Waals surface area contributed by atoms with Crippen molar-refractivity contribution < 1.29 is 14.7 Å². The minimum Gasteiger partial charge on any atom is -0.508 e. The second kappa shape index (κ2) is 4.65. The molecule has 0 aliphatic carbocycles. The lowest BCUT2D eigenvalue weighted by Crippen LogP contribution is -2.26. The number of hydrogen-bond acceptors (Lipinski definition) is 4. The molecule has 1 aromatic carbocycles. The Morgan fingerprint density at radius 2 is 1.65 bits per heavy atom. The number of rotatable bonds is 3. The molecule has 1 heterocycles. The summed E-state index contributed by atoms with van der Waals surface area (Å²) in [5, 5.41) is 13.7. The number of nitrogens with zero attached hydrogens (tertiary/aromatic N) is 1. The number of amides is 2. The molecule has 1 saturated heterocycles. The summed E-state index contributed by atoms with van der Waals surface area (Å²) in [6.07, 6.45) is 0.662. The molecule has 1 fully saturated rings. The molecule has 6 nitrogen and oxygen atoms in total. The Hall–Kier alpha value is -2.37. The van der Waals surface area contributed by atoms with E-state index in [1.54, 1.807) is 24.3 Å². The lowest BCUT2D eigenvalue weighted by Gasteiger charge is -1.99.